The van der Waals surface area contributed by atoms with Crippen LogP contribution in [0.5, 0.6) is 5.75 Å². The number of rotatable bonds is 25. The van der Waals surface area contributed by atoms with E-state index in [-0.39, 0.29) is 93.3 Å². The zero-order valence-corrected chi connectivity index (χ0v) is 79.5. The Morgan fingerprint density at radius 1 is 0.463 bits per heavy atom. The summed E-state index contributed by atoms with van der Waals surface area (Å²) < 4.78 is 21.9. The molecule has 0 radical (unpaired) electrons. The maximum Gasteiger partial charge on any atom is 0.330 e. The predicted octanol–water partition coefficient (Wildman–Crippen LogP) is 12.8. The fourth-order valence-corrected chi connectivity index (χ4v) is 16.7. The number of nitrogens with two attached hydrogens (primary N) is 4. The summed E-state index contributed by atoms with van der Waals surface area (Å²) in [5.74, 6) is 0.760. The minimum atomic E-state index is -0.292. The molecule has 0 saturated heterocycles. The molecule has 0 aromatic carbocycles. The molecule has 0 aliphatic rings. The molecule has 12 aromatic heterocycles. The number of methoxy groups -OCH3 is 1. The van der Waals surface area contributed by atoms with Crippen molar-refractivity contribution in [1.82, 2.24) is 96.2 Å². The van der Waals surface area contributed by atoms with Crippen molar-refractivity contribution in [3.05, 3.63) is 191 Å². The van der Waals surface area contributed by atoms with Crippen LogP contribution < -0.4 is 59.9 Å². The van der Waals surface area contributed by atoms with Gasteiger partial charge in [0.25, 0.3) is 11.4 Å². The van der Waals surface area contributed by atoms with Gasteiger partial charge in [0.2, 0.25) is 36.2 Å². The number of nitrogens with zero attached hydrogens (tertiary/aromatic N) is 22. The molecule has 0 saturated carbocycles. The van der Waals surface area contributed by atoms with Crippen molar-refractivity contribution in [1.29, 1.82) is 0 Å². The van der Waals surface area contributed by atoms with Crippen LogP contribution in [-0.2, 0) is 52.4 Å². The number of imidazole rings is 4. The Balaban J connectivity index is 0.000000184. The smallest absolute Gasteiger partial charge is 0.330 e. The van der Waals surface area contributed by atoms with E-state index in [0.29, 0.717) is 149 Å². The second kappa shape index (κ2) is 40.3. The summed E-state index contributed by atoms with van der Waals surface area (Å²) in [5, 5.41) is 22.1. The number of pyridine rings is 4. The summed E-state index contributed by atoms with van der Waals surface area (Å²) in [6, 6.07) is 1.36. The summed E-state index contributed by atoms with van der Waals surface area (Å²) in [4.78, 5) is 101. The van der Waals surface area contributed by atoms with Gasteiger partial charge in [-0.15, -0.1) is 0 Å². The highest BCUT2D eigenvalue weighted by molar-refractivity contribution is 14.1. The Hall–Kier alpha value is -9.34. The second-order valence-corrected chi connectivity index (χ2v) is 34.9. The molecule has 12 rings (SSSR count). The third-order valence-electron chi connectivity index (χ3n) is 20.8. The molecular weight excluding hydrogens is 1830 g/mol. The van der Waals surface area contributed by atoms with Gasteiger partial charge in [-0.1, -0.05) is 81.3 Å². The number of aromatic nitrogens is 20. The zero-order chi connectivity index (χ0) is 89.7. The van der Waals surface area contributed by atoms with Gasteiger partial charge in [-0.25, -0.2) is 19.2 Å². The predicted molar refractivity (Wildman–Crippen MR) is 489 cm³/mol. The monoisotopic (exact) mass is 1940 g/mol. The standard InChI is InChI=1S/C22H32ClN7O2.C21H29Cl2N7O.C19H23BrClN6O2.C19H23ClIN6O2/c1-12(2)28(13(3)4)8-9-29-17-19(23)26-21(24)27-20(17)30(22(29)31)11-16-15(6)18(32-7)14(5)10-25-16;1-11(2)28(12(3)4)7-8-29-17-18(23)26-20(24)27-19(17)30(21(29)31)10-15-14(6)16(22)13(5)9-25-15;1-10(2)6-5-7-25-15-16(21)23-18(22)24-17(15)26(19(25)28)9-13-12(4)14(20)11(3)8-27(13)29;1-10(2)6-5-7-25-15-16(20)23-18(22)24-17(15)26(19(25)28)9-13-12(4)14(21)11(3)8-27(13)29/h10,12-13H,8-9,11H2,1-7H3,(H2,24,26,27);9,11-12H,7-8,10H2,1-6H3,(H2,24,26,27);2*6,8,29H,5,7,9H2,1-4H3,(H2,22,23,24)/q;;2*+1. The second-order valence-electron chi connectivity index (χ2n) is 31.2. The third-order valence-corrected chi connectivity index (χ3v) is 25.4. The average molecular weight is 1940 g/mol. The van der Waals surface area contributed by atoms with E-state index in [2.05, 4.69) is 160 Å². The fourth-order valence-electron chi connectivity index (χ4n) is 14.7. The minimum Gasteiger partial charge on any atom is -0.496 e. The highest BCUT2D eigenvalue weighted by Gasteiger charge is 2.31. The largest absolute Gasteiger partial charge is 0.496 e. The van der Waals surface area contributed by atoms with Crippen LogP contribution in [-0.4, -0.2) is 151 Å². The number of hydrogen-bond acceptors (Lipinski definition) is 23. The van der Waals surface area contributed by atoms with Gasteiger partial charge in [0, 0.05) is 132 Å². The Morgan fingerprint density at radius 2 is 0.777 bits per heavy atom. The quantitative estimate of drug-likeness (QED) is 0.0102. The zero-order valence-electron chi connectivity index (χ0n) is 72.0. The third kappa shape index (κ3) is 21.1. The van der Waals surface area contributed by atoms with Gasteiger partial charge in [-0.2, -0.15) is 39.9 Å². The summed E-state index contributed by atoms with van der Waals surface area (Å²) in [5.41, 5.74) is 37.5. The van der Waals surface area contributed by atoms with Gasteiger partial charge in [0.15, 0.2) is 43.2 Å². The van der Waals surface area contributed by atoms with Crippen molar-refractivity contribution in [2.45, 2.75) is 228 Å². The van der Waals surface area contributed by atoms with Crippen molar-refractivity contribution in [2.75, 3.05) is 43.1 Å². The van der Waals surface area contributed by atoms with Crippen molar-refractivity contribution in [2.24, 2.45) is 0 Å². The first-order valence-corrected chi connectivity index (χ1v) is 42.9. The summed E-state index contributed by atoms with van der Waals surface area (Å²) in [6.45, 7) is 44.1. The Kier molecular flexibility index (Phi) is 31.8. The van der Waals surface area contributed by atoms with Crippen molar-refractivity contribution in [3.8, 4) is 5.75 Å². The number of fused-ring (bicyclic) bond motifs is 4. The summed E-state index contributed by atoms with van der Waals surface area (Å²) >= 11 is 37.7. The van der Waals surface area contributed by atoms with Crippen LogP contribution in [0.2, 0.25) is 25.6 Å². The van der Waals surface area contributed by atoms with Crippen LogP contribution in [0.1, 0.15) is 163 Å². The molecule has 0 aliphatic heterocycles. The molecular formula is C81H107BrCl5IN26O7+2. The molecule has 0 amide bonds. The van der Waals surface area contributed by atoms with Gasteiger partial charge in [-0.05, 0) is 201 Å². The highest BCUT2D eigenvalue weighted by Crippen LogP contribution is 2.31. The Bertz CT molecular complexity index is 6030. The molecule has 33 nitrogen and oxygen atoms in total. The number of nitrogen functional groups attached to an aromatic ring is 4. The van der Waals surface area contributed by atoms with E-state index in [9.17, 15) is 29.6 Å². The lowest BCUT2D eigenvalue weighted by Crippen LogP contribution is -2.40. The Labute approximate surface area is 747 Å². The highest BCUT2D eigenvalue weighted by atomic mass is 127. The normalized spacial score (nSPS) is 11.7. The molecule has 12 aromatic rings. The van der Waals surface area contributed by atoms with Crippen LogP contribution in [0, 0.1) is 59.0 Å². The van der Waals surface area contributed by atoms with Gasteiger partial charge in [0.05, 0.1) is 31.6 Å². The number of aryl methyl sites for hydroxylation is 6. The number of hydrogen-bond donors (Lipinski definition) is 6. The van der Waals surface area contributed by atoms with Crippen molar-refractivity contribution in [3.63, 3.8) is 0 Å². The number of ether oxygens (including phenoxy) is 1. The molecule has 650 valence electrons. The molecule has 0 spiro atoms. The molecule has 10 N–H and O–H groups in total. The SMILES string of the molecule is CC(C)=CCCn1c(=O)n(Cc2c(C)c(Br)c(C)c[n+]2O)c2nc(N)nc(Cl)c21.CC(C)=CCCn1c(=O)n(Cc2c(C)c(I)c(C)c[n+]2O)c2nc(N)nc(Cl)c21.COc1c(C)cnc(Cn2c(=O)n(CCN(C(C)C)C(C)C)c3c(Cl)nc(N)nc32)c1C.Cc1cnc(Cn2c(=O)n(CCN(C(C)C)C(C)C)c3c(Cl)nc(N)nc32)c(C)c1Cl. The van der Waals surface area contributed by atoms with E-state index in [1.165, 1.54) is 19.3 Å². The molecule has 0 bridgehead atoms. The summed E-state index contributed by atoms with van der Waals surface area (Å²) in [7, 11) is 1.63. The molecule has 12 heterocycles. The van der Waals surface area contributed by atoms with Crippen LogP contribution in [0.4, 0.5) is 23.8 Å². The lowest BCUT2D eigenvalue weighted by atomic mass is 10.1. The number of halogens is 7. The van der Waals surface area contributed by atoms with Gasteiger partial charge in [-0.3, -0.25) is 66.7 Å². The first-order valence-electron chi connectivity index (χ1n) is 39.2. The van der Waals surface area contributed by atoms with Crippen molar-refractivity contribution >= 4 is 165 Å². The van der Waals surface area contributed by atoms with Gasteiger partial charge in [0.1, 0.15) is 40.9 Å². The molecule has 0 unspecified atom stereocenters. The van der Waals surface area contributed by atoms with E-state index in [1.807, 2.05) is 89.2 Å². The topological polar surface area (TPSA) is 405 Å². The minimum absolute atomic E-state index is 0.00946. The first-order chi connectivity index (χ1) is 56.8. The maximum absolute atomic E-state index is 13.5. The summed E-state index contributed by atoms with van der Waals surface area (Å²) in [6.07, 6.45) is 12.1. The van der Waals surface area contributed by atoms with Crippen LogP contribution >= 0.6 is 96.5 Å². The van der Waals surface area contributed by atoms with E-state index >= 15 is 0 Å². The van der Waals surface area contributed by atoms with Crippen LogP contribution in [0.25, 0.3) is 44.7 Å². The number of anilines is 4. The molecule has 121 heavy (non-hydrogen) atoms. The molecule has 0 atom stereocenters. The van der Waals surface area contributed by atoms with E-state index in [1.54, 1.807) is 54.7 Å². The Morgan fingerprint density at radius 3 is 1.12 bits per heavy atom. The fraction of sp³-hybridized carbons (Fsp3) is 0.457. The van der Waals surface area contributed by atoms with E-state index in [0.717, 1.165) is 73.3 Å². The lowest BCUT2D eigenvalue weighted by Gasteiger charge is -2.30. The molecule has 0 fully saturated rings. The van der Waals surface area contributed by atoms with Gasteiger partial charge >= 0.3 is 22.8 Å². The van der Waals surface area contributed by atoms with Gasteiger partial charge < -0.3 is 27.7 Å². The van der Waals surface area contributed by atoms with Crippen molar-refractivity contribution < 1.29 is 24.6 Å². The van der Waals surface area contributed by atoms with E-state index < -0.39 is 0 Å². The molecule has 40 heteroatoms. The van der Waals surface area contributed by atoms with Crippen LogP contribution in [0.3, 0.4) is 0 Å². The van der Waals surface area contributed by atoms with Crippen LogP contribution in [0.15, 0.2) is 71.7 Å². The first kappa shape index (κ1) is 95.5. The average Bonchev–Trinajstić information content (AvgIpc) is 1.62. The molecule has 0 aliphatic carbocycles. The van der Waals surface area contributed by atoms with E-state index in [4.69, 9.17) is 85.7 Å². The maximum atomic E-state index is 13.5. The number of allylic oxidation sites excluding steroid dienone is 4. The lowest BCUT2D eigenvalue weighted by molar-refractivity contribution is -0.910.